The minimum absolute atomic E-state index is 0. The summed E-state index contributed by atoms with van der Waals surface area (Å²) in [5.41, 5.74) is 0. The molecule has 3 radical (unpaired) electrons. The van der Waals surface area contributed by atoms with E-state index in [4.69, 9.17) is 25.4 Å². The molecule has 6 N–H and O–H groups in total. The number of nitrogens with two attached hydrogens (primary N) is 1. The third kappa shape index (κ3) is 51.2. The van der Waals surface area contributed by atoms with E-state index in [0.29, 0.717) is 0 Å². The molecule has 0 saturated heterocycles. The summed E-state index contributed by atoms with van der Waals surface area (Å²) >= 11 is 0. The van der Waals surface area contributed by atoms with Crippen molar-refractivity contribution in [2.75, 3.05) is 0 Å². The van der Waals surface area contributed by atoms with Crippen molar-refractivity contribution in [2.45, 2.75) is 37.1 Å². The van der Waals surface area contributed by atoms with Gasteiger partial charge >= 0.3 is 27.3 Å². The summed E-state index contributed by atoms with van der Waals surface area (Å²) in [6.07, 6.45) is 0. The van der Waals surface area contributed by atoms with Gasteiger partial charge < -0.3 is 25.4 Å². The molecule has 0 heterocycles. The first kappa shape index (κ1) is 55.8. The predicted molar refractivity (Wildman–Crippen MR) is 83.7 cm³/mol. The predicted octanol–water partition coefficient (Wildman–Crippen LogP) is 1.19. The van der Waals surface area contributed by atoms with Crippen molar-refractivity contribution in [2.24, 2.45) is 5.40 Å². The summed E-state index contributed by atoms with van der Waals surface area (Å²) in [5, 5.41) is 25.6. The van der Waals surface area contributed by atoms with E-state index in [1.54, 1.807) is 0 Å². The van der Waals surface area contributed by atoms with Crippen LogP contribution in [0.25, 0.3) is 0 Å². The van der Waals surface area contributed by atoms with Crippen molar-refractivity contribution in [3.05, 3.63) is 0 Å². The van der Waals surface area contributed by atoms with Crippen LogP contribution in [-0.2, 0) is 0 Å². The monoisotopic (exact) mass is 485 g/mol. The number of rotatable bonds is 2. The Kier molecular flexibility index (Phi) is 170. The van der Waals surface area contributed by atoms with E-state index in [-0.39, 0.29) is 64.4 Å². The maximum absolute atomic E-state index is 6.96. The first-order valence-electron chi connectivity index (χ1n) is 1.87. The molecule has 0 aromatic heterocycles. The van der Waals surface area contributed by atoms with Crippen LogP contribution in [-0.4, -0.2) is 56.9 Å². The molecule has 5 nitrogen and oxygen atoms in total. The molecular formula is C5H30N4OPPbSi3. The number of nitrogens with one attached hydrogen (secondary N) is 3. The fourth-order valence-electron chi connectivity index (χ4n) is 0.0778. The zero-order valence-corrected chi connectivity index (χ0v) is 14.1. The molecule has 0 aliphatic rings. The van der Waals surface area contributed by atoms with E-state index < -0.39 is 24.7 Å². The van der Waals surface area contributed by atoms with E-state index in [2.05, 4.69) is 0 Å². The van der Waals surface area contributed by atoms with E-state index in [1.807, 2.05) is 0 Å². The van der Waals surface area contributed by atoms with Crippen molar-refractivity contribution >= 4 is 61.5 Å². The summed E-state index contributed by atoms with van der Waals surface area (Å²) in [7, 11) is -2.13. The molecule has 0 aliphatic carbocycles. The molecule has 0 aromatic rings. The first-order valence-corrected chi connectivity index (χ1v) is 8.85. The van der Waals surface area contributed by atoms with Crippen molar-refractivity contribution in [1.29, 1.82) is 15.2 Å². The first-order chi connectivity index (χ1) is 4.18. The van der Waals surface area contributed by atoms with Crippen molar-refractivity contribution < 1.29 is 4.89 Å². The van der Waals surface area contributed by atoms with Gasteiger partial charge in [0, 0.05) is 0 Å². The van der Waals surface area contributed by atoms with Gasteiger partial charge in [0.2, 0.25) is 0 Å². The second-order valence-corrected chi connectivity index (χ2v) is 10.5. The van der Waals surface area contributed by atoms with Gasteiger partial charge in [-0.2, -0.15) is 0 Å². The van der Waals surface area contributed by atoms with Crippen LogP contribution in [0.5, 0.6) is 0 Å². The molecule has 0 aliphatic heterocycles. The molecule has 10 heteroatoms. The second kappa shape index (κ2) is 45.6. The maximum atomic E-state index is 6.96. The molecule has 1 unspecified atom stereocenters. The van der Waals surface area contributed by atoms with Crippen LogP contribution < -0.4 is 5.40 Å². The van der Waals surface area contributed by atoms with Crippen LogP contribution in [0.2, 0.25) is 0 Å². The Hall–Kier alpha value is 1.16. The number of hydrogen-bond donors (Lipinski definition) is 5. The quantitative estimate of drug-likeness (QED) is 0.299. The molecule has 0 spiro atoms. The van der Waals surface area contributed by atoms with E-state index in [9.17, 15) is 0 Å². The molecule has 0 amide bonds. The van der Waals surface area contributed by atoms with Crippen LogP contribution in [0.3, 0.4) is 0 Å². The van der Waals surface area contributed by atoms with E-state index >= 15 is 0 Å². The van der Waals surface area contributed by atoms with Crippen LogP contribution in [0, 0.1) is 15.2 Å². The van der Waals surface area contributed by atoms with E-state index in [1.165, 1.54) is 9.47 Å². The van der Waals surface area contributed by atoms with Crippen LogP contribution in [0.15, 0.2) is 0 Å². The summed E-state index contributed by atoms with van der Waals surface area (Å²) in [6.45, 7) is 0. The average Bonchev–Trinajstić information content (AvgIpc) is 1.91. The topological polar surface area (TPSA) is 118 Å². The van der Waals surface area contributed by atoms with Crippen molar-refractivity contribution in [3.63, 3.8) is 0 Å². The molecule has 0 saturated carbocycles. The van der Waals surface area contributed by atoms with Gasteiger partial charge in [-0.1, -0.05) is 37.1 Å². The van der Waals surface area contributed by atoms with Gasteiger partial charge in [0.15, 0.2) is 7.62 Å². The Morgan fingerprint density at radius 2 is 1.20 bits per heavy atom. The SMILES string of the molecule is C.C.C.C.C.N=[SiH][Si](=N)[Si](=N)N.OP.[PbH]. The normalized spacial score (nSPS) is 3.87. The number of hydrogen-bond acceptors (Lipinski definition) is 4. The van der Waals surface area contributed by atoms with Gasteiger partial charge in [0.25, 0.3) is 8.27 Å². The van der Waals surface area contributed by atoms with Crippen LogP contribution in [0.1, 0.15) is 37.1 Å². The summed E-state index contributed by atoms with van der Waals surface area (Å²) in [5.74, 6) is 0. The minimum atomic E-state index is -1.60. The molecule has 15 heavy (non-hydrogen) atoms. The van der Waals surface area contributed by atoms with Gasteiger partial charge in [-0.3, -0.25) is 0 Å². The summed E-state index contributed by atoms with van der Waals surface area (Å²) in [6, 6.07) is 0. The fraction of sp³-hybridized carbons (Fsp3) is 1.00. The van der Waals surface area contributed by atoms with Crippen LogP contribution >= 0.6 is 9.47 Å². The van der Waals surface area contributed by atoms with Crippen LogP contribution in [0.4, 0.5) is 0 Å². The third-order valence-electron chi connectivity index (χ3n) is 0.435. The van der Waals surface area contributed by atoms with Gasteiger partial charge in [0.1, 0.15) is 8.83 Å². The van der Waals surface area contributed by atoms with Gasteiger partial charge in [-0.15, -0.1) is 0 Å². The Labute approximate surface area is 123 Å². The average molecular weight is 485 g/mol. The van der Waals surface area contributed by atoms with Crippen molar-refractivity contribution in [1.82, 2.24) is 0 Å². The Balaban J connectivity index is -0.00000000965. The summed E-state index contributed by atoms with van der Waals surface area (Å²) < 4.78 is 0. The molecule has 97 valence electrons. The molecular weight excluding hydrogens is 455 g/mol. The van der Waals surface area contributed by atoms with Gasteiger partial charge in [0.05, 0.1) is 0 Å². The zero-order valence-electron chi connectivity index (χ0n) is 5.26. The Morgan fingerprint density at radius 1 is 1.00 bits per heavy atom. The second-order valence-electron chi connectivity index (χ2n) is 0.972. The molecule has 1 atom stereocenters. The Morgan fingerprint density at radius 3 is 1.20 bits per heavy atom. The van der Waals surface area contributed by atoms with Crippen molar-refractivity contribution in [3.8, 4) is 0 Å². The van der Waals surface area contributed by atoms with Gasteiger partial charge in [-0.25, -0.2) is 0 Å². The third-order valence-corrected chi connectivity index (χ3v) is 8.01. The van der Waals surface area contributed by atoms with Gasteiger partial charge in [-0.05, 0) is 9.47 Å². The molecule has 0 aromatic carbocycles. The van der Waals surface area contributed by atoms with E-state index in [0.717, 1.165) is 0 Å². The summed E-state index contributed by atoms with van der Waals surface area (Å²) in [4.78, 5) is 6.92. The fourth-order valence-corrected chi connectivity index (χ4v) is 2.10. The zero-order chi connectivity index (χ0) is 7.86. The molecule has 0 bridgehead atoms. The standard InChI is InChI=1S/5CH4.H6N4Si3.H3OP.Pb.H/c;;;;;1-5-7(4)6(2)3;1-2;;/h5*1H4;1-2,4-5H,3H2;1H,2H2;;. The molecule has 0 rings (SSSR count). The molecule has 0 fully saturated rings. The Bertz CT molecular complexity index is 141.